The van der Waals surface area contributed by atoms with Crippen LogP contribution in [0.5, 0.6) is 0 Å². The van der Waals surface area contributed by atoms with E-state index in [1.165, 1.54) is 0 Å². The molecule has 0 aliphatic heterocycles. The molecule has 0 saturated heterocycles. The first-order chi connectivity index (χ1) is 6.50. The highest BCUT2D eigenvalue weighted by Crippen LogP contribution is 2.16. The van der Waals surface area contributed by atoms with E-state index in [-0.39, 0.29) is 4.75 Å². The van der Waals surface area contributed by atoms with Crippen molar-refractivity contribution < 1.29 is 4.55 Å². The third kappa shape index (κ3) is 3.47. The van der Waals surface area contributed by atoms with E-state index < -0.39 is 11.4 Å². The van der Waals surface area contributed by atoms with Crippen LogP contribution in [0.4, 0.5) is 0 Å². The van der Waals surface area contributed by atoms with E-state index in [0.717, 1.165) is 5.69 Å². The second kappa shape index (κ2) is 4.57. The average molecular weight is 210 g/mol. The Bertz CT molecular complexity index is 306. The van der Waals surface area contributed by atoms with Crippen molar-refractivity contribution in [3.05, 3.63) is 30.1 Å². The summed E-state index contributed by atoms with van der Waals surface area (Å²) in [6, 6.07) is 5.52. The zero-order valence-electron chi connectivity index (χ0n) is 8.60. The number of nitrogens with zero attached hydrogens (tertiary/aromatic N) is 2. The maximum absolute atomic E-state index is 11.5. The molecule has 14 heavy (non-hydrogen) atoms. The standard InChI is InChI=1S/C10H14N2OS/c1-10(2,3)14(13)12-8-9-6-4-5-7-11-9/h4-8H,1-3H3. The highest BCUT2D eigenvalue weighted by Gasteiger charge is 2.25. The van der Waals surface area contributed by atoms with E-state index in [4.69, 9.17) is 0 Å². The van der Waals surface area contributed by atoms with Crippen LogP contribution in [0.15, 0.2) is 28.8 Å². The van der Waals surface area contributed by atoms with Crippen LogP contribution in [0, 0.1) is 0 Å². The summed E-state index contributed by atoms with van der Waals surface area (Å²) >= 11 is -1.21. The van der Waals surface area contributed by atoms with Gasteiger partial charge in [0.1, 0.15) is 22.3 Å². The van der Waals surface area contributed by atoms with Gasteiger partial charge in [0, 0.05) is 6.20 Å². The van der Waals surface area contributed by atoms with E-state index in [9.17, 15) is 4.55 Å². The summed E-state index contributed by atoms with van der Waals surface area (Å²) in [6.07, 6.45) is 3.22. The van der Waals surface area contributed by atoms with Gasteiger partial charge in [-0.15, -0.1) is 0 Å². The molecule has 0 N–H and O–H groups in total. The number of aromatic nitrogens is 1. The molecular formula is C10H14N2OS. The third-order valence-corrected chi connectivity index (χ3v) is 2.84. The van der Waals surface area contributed by atoms with Crippen LogP contribution in [0.2, 0.25) is 0 Å². The van der Waals surface area contributed by atoms with Crippen LogP contribution in [0.3, 0.4) is 0 Å². The molecule has 3 nitrogen and oxygen atoms in total. The van der Waals surface area contributed by atoms with Crippen molar-refractivity contribution in [1.29, 1.82) is 0 Å². The molecule has 0 amide bonds. The Morgan fingerprint density at radius 2 is 2.14 bits per heavy atom. The molecule has 0 saturated carbocycles. The van der Waals surface area contributed by atoms with Gasteiger partial charge in [0.15, 0.2) is 0 Å². The number of hydrogen-bond acceptors (Lipinski definition) is 3. The van der Waals surface area contributed by atoms with E-state index in [0.29, 0.717) is 0 Å². The molecule has 0 fully saturated rings. The minimum atomic E-state index is -1.21. The summed E-state index contributed by atoms with van der Waals surface area (Å²) in [6.45, 7) is 5.66. The van der Waals surface area contributed by atoms with Crippen LogP contribution in [-0.2, 0) is 11.4 Å². The Morgan fingerprint density at radius 1 is 1.43 bits per heavy atom. The Kier molecular flexibility index (Phi) is 3.66. The first-order valence-corrected chi connectivity index (χ1v) is 5.48. The zero-order valence-corrected chi connectivity index (χ0v) is 9.41. The quantitative estimate of drug-likeness (QED) is 0.553. The first-order valence-electron chi connectivity index (χ1n) is 4.37. The van der Waals surface area contributed by atoms with Crippen molar-refractivity contribution in [3.63, 3.8) is 0 Å². The molecule has 1 heterocycles. The molecule has 1 aromatic heterocycles. The van der Waals surface area contributed by atoms with E-state index >= 15 is 0 Å². The summed E-state index contributed by atoms with van der Waals surface area (Å²) in [5, 5.41) is 0. The van der Waals surface area contributed by atoms with Crippen LogP contribution >= 0.6 is 0 Å². The maximum atomic E-state index is 11.5. The number of rotatable bonds is 2. The van der Waals surface area contributed by atoms with Gasteiger partial charge in [-0.2, -0.15) is 0 Å². The van der Waals surface area contributed by atoms with E-state index in [1.54, 1.807) is 12.4 Å². The van der Waals surface area contributed by atoms with Crippen molar-refractivity contribution in [2.24, 2.45) is 4.40 Å². The SMILES string of the molecule is CC(C)(C)[S+]([O-])N=Cc1ccccn1. The van der Waals surface area contributed by atoms with Crippen LogP contribution < -0.4 is 0 Å². The van der Waals surface area contributed by atoms with E-state index in [2.05, 4.69) is 9.38 Å². The van der Waals surface area contributed by atoms with Crippen molar-refractivity contribution in [2.45, 2.75) is 25.5 Å². The Balaban J connectivity index is 2.66. The van der Waals surface area contributed by atoms with Gasteiger partial charge in [-0.1, -0.05) is 10.5 Å². The summed E-state index contributed by atoms with van der Waals surface area (Å²) in [5.74, 6) is 0. The lowest BCUT2D eigenvalue weighted by atomic mass is 10.3. The second-order valence-corrected chi connectivity index (χ2v) is 5.78. The Morgan fingerprint density at radius 3 is 2.64 bits per heavy atom. The zero-order chi connectivity index (χ0) is 10.6. The molecule has 0 bridgehead atoms. The van der Waals surface area contributed by atoms with E-state index in [1.807, 2.05) is 39.0 Å². The molecule has 0 aromatic carbocycles. The van der Waals surface area contributed by atoms with Gasteiger partial charge in [0.2, 0.25) is 0 Å². The molecule has 1 rings (SSSR count). The minimum Gasteiger partial charge on any atom is -0.591 e. The lowest BCUT2D eigenvalue weighted by Gasteiger charge is -2.17. The summed E-state index contributed by atoms with van der Waals surface area (Å²) in [7, 11) is 0. The normalized spacial score (nSPS) is 14.6. The Labute approximate surface area is 87.6 Å². The number of pyridine rings is 1. The second-order valence-electron chi connectivity index (χ2n) is 3.85. The van der Waals surface area contributed by atoms with Gasteiger partial charge in [-0.05, 0) is 32.9 Å². The average Bonchev–Trinajstić information content (AvgIpc) is 2.14. The smallest absolute Gasteiger partial charge is 0.144 e. The monoisotopic (exact) mass is 210 g/mol. The minimum absolute atomic E-state index is 0.314. The summed E-state index contributed by atoms with van der Waals surface area (Å²) in [5.41, 5.74) is 0.727. The largest absolute Gasteiger partial charge is 0.591 e. The van der Waals surface area contributed by atoms with Crippen LogP contribution in [0.1, 0.15) is 26.5 Å². The molecule has 0 spiro atoms. The molecule has 1 aromatic rings. The highest BCUT2D eigenvalue weighted by atomic mass is 32.2. The maximum Gasteiger partial charge on any atom is 0.144 e. The summed E-state index contributed by atoms with van der Waals surface area (Å²) < 4.78 is 15.2. The Hall–Kier alpha value is -0.870. The van der Waals surface area contributed by atoms with Gasteiger partial charge in [0.25, 0.3) is 0 Å². The molecule has 0 radical (unpaired) electrons. The van der Waals surface area contributed by atoms with Crippen molar-refractivity contribution in [3.8, 4) is 0 Å². The fourth-order valence-corrected chi connectivity index (χ4v) is 1.23. The van der Waals surface area contributed by atoms with Crippen LogP contribution in [-0.4, -0.2) is 20.5 Å². The molecule has 0 aliphatic carbocycles. The van der Waals surface area contributed by atoms with Gasteiger partial charge in [-0.3, -0.25) is 4.98 Å². The number of hydrogen-bond donors (Lipinski definition) is 0. The first kappa shape index (κ1) is 11.2. The summed E-state index contributed by atoms with van der Waals surface area (Å²) in [4.78, 5) is 4.05. The van der Waals surface area contributed by atoms with Crippen molar-refractivity contribution in [1.82, 2.24) is 4.98 Å². The molecule has 76 valence electrons. The molecule has 0 aliphatic rings. The lowest BCUT2D eigenvalue weighted by molar-refractivity contribution is 0.562. The highest BCUT2D eigenvalue weighted by molar-refractivity contribution is 7.91. The predicted molar refractivity (Wildman–Crippen MR) is 59.7 cm³/mol. The van der Waals surface area contributed by atoms with Gasteiger partial charge >= 0.3 is 0 Å². The predicted octanol–water partition coefficient (Wildman–Crippen LogP) is 1.96. The van der Waals surface area contributed by atoms with Crippen molar-refractivity contribution in [2.75, 3.05) is 0 Å². The molecular weight excluding hydrogens is 196 g/mol. The van der Waals surface area contributed by atoms with Crippen molar-refractivity contribution >= 4 is 17.6 Å². The molecule has 1 unspecified atom stereocenters. The van der Waals surface area contributed by atoms with Gasteiger partial charge in [-0.25, -0.2) is 0 Å². The third-order valence-electron chi connectivity index (χ3n) is 1.49. The molecule has 1 atom stereocenters. The van der Waals surface area contributed by atoms with Gasteiger partial charge in [0.05, 0.1) is 5.69 Å². The van der Waals surface area contributed by atoms with Crippen LogP contribution in [0.25, 0.3) is 0 Å². The molecule has 4 heteroatoms. The fraction of sp³-hybridized carbons (Fsp3) is 0.400. The topological polar surface area (TPSA) is 48.3 Å². The fourth-order valence-electron chi connectivity index (χ4n) is 0.712. The van der Waals surface area contributed by atoms with Gasteiger partial charge < -0.3 is 4.55 Å². The lowest BCUT2D eigenvalue weighted by Crippen LogP contribution is -2.25.